The molecule has 114 valence electrons. The second-order valence-corrected chi connectivity index (χ2v) is 6.75. The van der Waals surface area contributed by atoms with E-state index in [0.29, 0.717) is 6.54 Å². The summed E-state index contributed by atoms with van der Waals surface area (Å²) in [6, 6.07) is -0.00108. The maximum Gasteiger partial charge on any atom is 0.390 e. The van der Waals surface area contributed by atoms with Gasteiger partial charge in [0.15, 0.2) is 0 Å². The van der Waals surface area contributed by atoms with Crippen LogP contribution in [0.4, 0.5) is 13.2 Å². The SMILES string of the molecule is CCC1CNC(C(C)(C)C)CN1C(C)CC(F)(F)F. The van der Waals surface area contributed by atoms with Gasteiger partial charge in [-0.3, -0.25) is 4.90 Å². The number of alkyl halides is 3. The molecule has 1 heterocycles. The molecular weight excluding hydrogens is 253 g/mol. The number of nitrogens with one attached hydrogen (secondary N) is 1. The summed E-state index contributed by atoms with van der Waals surface area (Å²) >= 11 is 0. The zero-order valence-corrected chi connectivity index (χ0v) is 12.6. The Kier molecular flexibility index (Phi) is 5.29. The highest BCUT2D eigenvalue weighted by Gasteiger charge is 2.39. The van der Waals surface area contributed by atoms with Crippen molar-refractivity contribution in [3.05, 3.63) is 0 Å². The third-order valence-electron chi connectivity index (χ3n) is 4.07. The average Bonchev–Trinajstić information content (AvgIpc) is 2.24. The molecule has 1 aliphatic heterocycles. The zero-order valence-electron chi connectivity index (χ0n) is 12.6. The maximum absolute atomic E-state index is 12.6. The van der Waals surface area contributed by atoms with Gasteiger partial charge in [0.1, 0.15) is 0 Å². The average molecular weight is 280 g/mol. The Labute approximate surface area is 114 Å². The first-order valence-corrected chi connectivity index (χ1v) is 7.10. The lowest BCUT2D eigenvalue weighted by atomic mass is 9.84. The number of nitrogens with zero attached hydrogens (tertiary/aromatic N) is 1. The molecule has 0 radical (unpaired) electrons. The second kappa shape index (κ2) is 6.00. The molecule has 1 saturated heterocycles. The van der Waals surface area contributed by atoms with Crippen molar-refractivity contribution in [2.45, 2.75) is 71.8 Å². The molecule has 0 aromatic heterocycles. The van der Waals surface area contributed by atoms with Crippen LogP contribution in [0.25, 0.3) is 0 Å². The van der Waals surface area contributed by atoms with E-state index in [1.165, 1.54) is 0 Å². The molecule has 0 aliphatic carbocycles. The lowest BCUT2D eigenvalue weighted by Crippen LogP contribution is -2.62. The summed E-state index contributed by atoms with van der Waals surface area (Å²) in [7, 11) is 0. The fourth-order valence-corrected chi connectivity index (χ4v) is 2.77. The van der Waals surface area contributed by atoms with Crippen molar-refractivity contribution >= 4 is 0 Å². The first kappa shape index (κ1) is 16.8. The lowest BCUT2D eigenvalue weighted by molar-refractivity contribution is -0.150. The van der Waals surface area contributed by atoms with Crippen LogP contribution in [-0.2, 0) is 0 Å². The number of halogens is 3. The Morgan fingerprint density at radius 1 is 1.26 bits per heavy atom. The van der Waals surface area contributed by atoms with Crippen molar-refractivity contribution in [2.24, 2.45) is 5.41 Å². The maximum atomic E-state index is 12.6. The topological polar surface area (TPSA) is 15.3 Å². The van der Waals surface area contributed by atoms with E-state index in [9.17, 15) is 13.2 Å². The van der Waals surface area contributed by atoms with E-state index < -0.39 is 18.6 Å². The van der Waals surface area contributed by atoms with Crippen molar-refractivity contribution in [2.75, 3.05) is 13.1 Å². The minimum atomic E-state index is -4.08. The van der Waals surface area contributed by atoms with Gasteiger partial charge < -0.3 is 5.32 Å². The van der Waals surface area contributed by atoms with Gasteiger partial charge in [0, 0.05) is 31.2 Å². The summed E-state index contributed by atoms with van der Waals surface area (Å²) in [6.45, 7) is 11.6. The molecule has 1 N–H and O–H groups in total. The van der Waals surface area contributed by atoms with Crippen molar-refractivity contribution in [1.29, 1.82) is 0 Å². The molecule has 1 rings (SSSR count). The van der Waals surface area contributed by atoms with Crippen molar-refractivity contribution < 1.29 is 13.2 Å². The van der Waals surface area contributed by atoms with Crippen LogP contribution in [0.5, 0.6) is 0 Å². The summed E-state index contributed by atoms with van der Waals surface area (Å²) in [4.78, 5) is 2.04. The third kappa shape index (κ3) is 4.95. The smallest absolute Gasteiger partial charge is 0.311 e. The molecular formula is C14H27F3N2. The van der Waals surface area contributed by atoms with E-state index in [1.54, 1.807) is 6.92 Å². The zero-order chi connectivity index (χ0) is 14.8. The van der Waals surface area contributed by atoms with Crippen molar-refractivity contribution in [1.82, 2.24) is 10.2 Å². The van der Waals surface area contributed by atoms with Crippen LogP contribution in [0.3, 0.4) is 0 Å². The summed E-state index contributed by atoms with van der Waals surface area (Å²) < 4.78 is 37.7. The fourth-order valence-electron chi connectivity index (χ4n) is 2.77. The van der Waals surface area contributed by atoms with E-state index in [4.69, 9.17) is 0 Å². The van der Waals surface area contributed by atoms with Crippen LogP contribution in [0.15, 0.2) is 0 Å². The molecule has 0 spiro atoms. The van der Waals surface area contributed by atoms with E-state index in [2.05, 4.69) is 26.1 Å². The minimum absolute atomic E-state index is 0.0644. The van der Waals surface area contributed by atoms with Crippen LogP contribution < -0.4 is 5.32 Å². The van der Waals surface area contributed by atoms with Gasteiger partial charge in [-0.2, -0.15) is 13.2 Å². The van der Waals surface area contributed by atoms with Crippen LogP contribution in [0.1, 0.15) is 47.5 Å². The van der Waals surface area contributed by atoms with Crippen molar-refractivity contribution in [3.63, 3.8) is 0 Å². The molecule has 1 fully saturated rings. The summed E-state index contributed by atoms with van der Waals surface area (Å²) in [5.74, 6) is 0. The fraction of sp³-hybridized carbons (Fsp3) is 1.00. The molecule has 3 unspecified atom stereocenters. The molecule has 5 heteroatoms. The van der Waals surface area contributed by atoms with Crippen LogP contribution in [0, 0.1) is 5.41 Å². The number of rotatable bonds is 3. The highest BCUT2D eigenvalue weighted by Crippen LogP contribution is 2.29. The molecule has 0 amide bonds. The summed E-state index contributed by atoms with van der Waals surface area (Å²) in [6.07, 6.45) is -3.92. The Hall–Kier alpha value is -0.290. The first-order chi connectivity index (χ1) is 8.54. The summed E-state index contributed by atoms with van der Waals surface area (Å²) in [5, 5.41) is 3.48. The van der Waals surface area contributed by atoms with Gasteiger partial charge >= 0.3 is 6.18 Å². The first-order valence-electron chi connectivity index (χ1n) is 7.10. The quantitative estimate of drug-likeness (QED) is 0.852. The Balaban J connectivity index is 2.75. The Morgan fingerprint density at radius 3 is 2.26 bits per heavy atom. The number of hydrogen-bond acceptors (Lipinski definition) is 2. The third-order valence-corrected chi connectivity index (χ3v) is 4.07. The highest BCUT2D eigenvalue weighted by atomic mass is 19.4. The predicted octanol–water partition coefficient (Wildman–Crippen LogP) is 3.43. The normalized spacial score (nSPS) is 28.4. The highest BCUT2D eigenvalue weighted by molar-refractivity contribution is 4.93. The van der Waals surface area contributed by atoms with E-state index in [-0.39, 0.29) is 17.5 Å². The van der Waals surface area contributed by atoms with Gasteiger partial charge in [-0.15, -0.1) is 0 Å². The summed E-state index contributed by atoms with van der Waals surface area (Å²) in [5.41, 5.74) is 0.0644. The number of piperazine rings is 1. The molecule has 0 aromatic rings. The van der Waals surface area contributed by atoms with Crippen molar-refractivity contribution in [3.8, 4) is 0 Å². The molecule has 1 aliphatic rings. The number of hydrogen-bond donors (Lipinski definition) is 1. The Morgan fingerprint density at radius 2 is 1.84 bits per heavy atom. The molecule has 19 heavy (non-hydrogen) atoms. The standard InChI is InChI=1S/C14H27F3N2/c1-6-11-8-18-12(13(3,4)5)9-19(11)10(2)7-14(15,16)17/h10-12,18H,6-9H2,1-5H3. The van der Waals surface area contributed by atoms with E-state index in [0.717, 1.165) is 13.0 Å². The van der Waals surface area contributed by atoms with Crippen LogP contribution in [0.2, 0.25) is 0 Å². The van der Waals surface area contributed by atoms with E-state index >= 15 is 0 Å². The van der Waals surface area contributed by atoms with Gasteiger partial charge in [0.05, 0.1) is 6.42 Å². The monoisotopic (exact) mass is 280 g/mol. The molecule has 0 saturated carbocycles. The van der Waals surface area contributed by atoms with Gasteiger partial charge in [-0.25, -0.2) is 0 Å². The Bertz CT molecular complexity index is 283. The lowest BCUT2D eigenvalue weighted by Gasteiger charge is -2.47. The minimum Gasteiger partial charge on any atom is -0.311 e. The van der Waals surface area contributed by atoms with Crippen LogP contribution in [-0.4, -0.2) is 42.3 Å². The van der Waals surface area contributed by atoms with Gasteiger partial charge in [-0.1, -0.05) is 27.7 Å². The molecule has 0 aromatic carbocycles. The van der Waals surface area contributed by atoms with E-state index in [1.807, 2.05) is 11.8 Å². The van der Waals surface area contributed by atoms with Gasteiger partial charge in [0.25, 0.3) is 0 Å². The van der Waals surface area contributed by atoms with Gasteiger partial charge in [-0.05, 0) is 18.8 Å². The molecule has 0 bridgehead atoms. The second-order valence-electron chi connectivity index (χ2n) is 6.75. The predicted molar refractivity (Wildman–Crippen MR) is 72.2 cm³/mol. The van der Waals surface area contributed by atoms with Crippen LogP contribution >= 0.6 is 0 Å². The molecule has 2 nitrogen and oxygen atoms in total. The van der Waals surface area contributed by atoms with Gasteiger partial charge in [0.2, 0.25) is 0 Å². The molecule has 3 atom stereocenters. The largest absolute Gasteiger partial charge is 0.390 e.